The topological polar surface area (TPSA) is 40.5 Å². The molecule has 1 rings (SSSR count). The Labute approximate surface area is 78.6 Å². The number of rotatable bonds is 3. The largest absolute Gasteiger partial charge is 0.375 e. The summed E-state index contributed by atoms with van der Waals surface area (Å²) in [6.45, 7) is 0. The smallest absolute Gasteiger partial charge is 0.276 e. The van der Waals surface area contributed by atoms with E-state index in [-0.39, 0.29) is 5.56 Å². The maximum atomic E-state index is 12.5. The molecule has 0 aromatic heterocycles. The zero-order chi connectivity index (χ0) is 10.8. The quantitative estimate of drug-likeness (QED) is 0.785. The van der Waals surface area contributed by atoms with Crippen molar-refractivity contribution >= 4 is 0 Å². The highest BCUT2D eigenvalue weighted by Crippen LogP contribution is 2.32. The number of aliphatic hydroxyl groups excluding tert-OH is 1. The Bertz CT molecular complexity index is 279. The summed E-state index contributed by atoms with van der Waals surface area (Å²) >= 11 is 0. The number of benzene rings is 1. The van der Waals surface area contributed by atoms with Crippen LogP contribution in [0.4, 0.5) is 13.2 Å². The van der Waals surface area contributed by atoms with E-state index in [1.54, 1.807) is 0 Å². The molecule has 0 heterocycles. The Kier molecular flexibility index (Phi) is 3.13. The molecule has 0 aliphatic rings. The summed E-state index contributed by atoms with van der Waals surface area (Å²) in [5.41, 5.74) is -3.51. The molecule has 1 unspecified atom stereocenters. The fraction of sp³-hybridized carbons (Fsp3) is 0.333. The highest BCUT2D eigenvalue weighted by Gasteiger charge is 2.47. The van der Waals surface area contributed by atoms with Crippen molar-refractivity contribution in [3.8, 4) is 0 Å². The first-order valence-corrected chi connectivity index (χ1v) is 3.87. The Morgan fingerprint density at radius 3 is 1.93 bits per heavy atom. The summed E-state index contributed by atoms with van der Waals surface area (Å²) in [5, 5.41) is 17.8. The Balaban J connectivity index is 3.13. The van der Waals surface area contributed by atoms with Crippen molar-refractivity contribution in [2.75, 3.05) is 0 Å². The molecule has 0 bridgehead atoms. The van der Waals surface area contributed by atoms with Crippen molar-refractivity contribution in [3.05, 3.63) is 35.9 Å². The van der Waals surface area contributed by atoms with Gasteiger partial charge in [-0.1, -0.05) is 30.3 Å². The molecule has 1 aromatic rings. The van der Waals surface area contributed by atoms with Crippen LogP contribution in [0, 0.1) is 0 Å². The fourth-order valence-electron chi connectivity index (χ4n) is 1.07. The maximum absolute atomic E-state index is 12.5. The van der Waals surface area contributed by atoms with Crippen LogP contribution in [0.3, 0.4) is 0 Å². The second-order valence-electron chi connectivity index (χ2n) is 2.83. The van der Waals surface area contributed by atoms with E-state index >= 15 is 0 Å². The van der Waals surface area contributed by atoms with Crippen LogP contribution in [-0.4, -0.2) is 23.0 Å². The molecule has 5 heteroatoms. The van der Waals surface area contributed by atoms with Gasteiger partial charge in [0.15, 0.2) is 0 Å². The van der Waals surface area contributed by atoms with Crippen molar-refractivity contribution in [2.24, 2.45) is 0 Å². The molecule has 0 saturated heterocycles. The van der Waals surface area contributed by atoms with Gasteiger partial charge in [-0.25, -0.2) is 13.2 Å². The van der Waals surface area contributed by atoms with Gasteiger partial charge in [-0.15, -0.1) is 0 Å². The monoisotopic (exact) mass is 206 g/mol. The normalized spacial score (nSPS) is 17.9. The van der Waals surface area contributed by atoms with Gasteiger partial charge in [-0.2, -0.15) is 0 Å². The third-order valence-corrected chi connectivity index (χ3v) is 1.93. The Morgan fingerprint density at radius 2 is 1.57 bits per heavy atom. The van der Waals surface area contributed by atoms with Crippen molar-refractivity contribution < 1.29 is 23.4 Å². The Morgan fingerprint density at radius 1 is 1.07 bits per heavy atom. The summed E-state index contributed by atoms with van der Waals surface area (Å²) in [5.74, 6) is 0. The molecular formula is C9H9F3O2. The lowest BCUT2D eigenvalue weighted by Crippen LogP contribution is -2.43. The second kappa shape index (κ2) is 3.98. The van der Waals surface area contributed by atoms with Crippen LogP contribution in [0.1, 0.15) is 5.56 Å². The van der Waals surface area contributed by atoms with Gasteiger partial charge in [0, 0.05) is 0 Å². The van der Waals surface area contributed by atoms with Gasteiger partial charge in [0.1, 0.15) is 0 Å². The van der Waals surface area contributed by atoms with Crippen LogP contribution in [-0.2, 0) is 5.60 Å². The molecule has 78 valence electrons. The van der Waals surface area contributed by atoms with Crippen LogP contribution in [0.5, 0.6) is 0 Å². The number of halogens is 3. The van der Waals surface area contributed by atoms with Gasteiger partial charge in [-0.3, -0.25) is 0 Å². The molecule has 1 aromatic carbocycles. The van der Waals surface area contributed by atoms with Crippen LogP contribution in [0.25, 0.3) is 0 Å². The average Bonchev–Trinajstić information content (AvgIpc) is 2.17. The number of aliphatic hydroxyl groups is 2. The first kappa shape index (κ1) is 11.0. The van der Waals surface area contributed by atoms with E-state index in [4.69, 9.17) is 5.11 Å². The second-order valence-corrected chi connectivity index (χ2v) is 2.83. The summed E-state index contributed by atoms with van der Waals surface area (Å²) in [6, 6.07) is 6.50. The molecule has 0 radical (unpaired) electrons. The lowest BCUT2D eigenvalue weighted by atomic mass is 9.94. The van der Waals surface area contributed by atoms with E-state index < -0.39 is 18.4 Å². The summed E-state index contributed by atoms with van der Waals surface area (Å²) in [6.07, 6.45) is -6.42. The zero-order valence-electron chi connectivity index (χ0n) is 7.07. The zero-order valence-corrected chi connectivity index (χ0v) is 7.07. The third kappa shape index (κ3) is 1.73. The van der Waals surface area contributed by atoms with Crippen LogP contribution in [0.2, 0.25) is 0 Å². The molecule has 0 fully saturated rings. The minimum Gasteiger partial charge on any atom is -0.375 e. The molecule has 2 N–H and O–H groups in total. The lowest BCUT2D eigenvalue weighted by molar-refractivity contribution is -0.211. The first-order chi connectivity index (χ1) is 6.49. The maximum Gasteiger partial charge on any atom is 0.276 e. The first-order valence-electron chi connectivity index (χ1n) is 3.87. The van der Waals surface area contributed by atoms with Gasteiger partial charge in [0.05, 0.1) is 0 Å². The molecule has 14 heavy (non-hydrogen) atoms. The number of alkyl halides is 3. The average molecular weight is 206 g/mol. The third-order valence-electron chi connectivity index (χ3n) is 1.93. The Hall–Kier alpha value is -1.07. The van der Waals surface area contributed by atoms with E-state index in [1.165, 1.54) is 18.2 Å². The lowest BCUT2D eigenvalue weighted by Gasteiger charge is -2.27. The minimum absolute atomic E-state index is 0.356. The van der Waals surface area contributed by atoms with E-state index in [9.17, 15) is 18.3 Å². The summed E-state index contributed by atoms with van der Waals surface area (Å²) in [7, 11) is 0. The fourth-order valence-corrected chi connectivity index (χ4v) is 1.07. The SMILES string of the molecule is O[C@@H](F)C(O)(c1ccccc1)C(F)F. The summed E-state index contributed by atoms with van der Waals surface area (Å²) in [4.78, 5) is 0. The van der Waals surface area contributed by atoms with Gasteiger partial charge in [0.2, 0.25) is 12.0 Å². The van der Waals surface area contributed by atoms with E-state index in [0.717, 1.165) is 12.1 Å². The van der Waals surface area contributed by atoms with Crippen LogP contribution < -0.4 is 0 Å². The van der Waals surface area contributed by atoms with Gasteiger partial charge >= 0.3 is 0 Å². The van der Waals surface area contributed by atoms with Crippen LogP contribution >= 0.6 is 0 Å². The molecule has 0 amide bonds. The molecule has 0 saturated carbocycles. The van der Waals surface area contributed by atoms with Crippen molar-refractivity contribution in [1.82, 2.24) is 0 Å². The van der Waals surface area contributed by atoms with Crippen molar-refractivity contribution in [3.63, 3.8) is 0 Å². The van der Waals surface area contributed by atoms with Crippen molar-refractivity contribution in [1.29, 1.82) is 0 Å². The minimum atomic E-state index is -3.40. The highest BCUT2D eigenvalue weighted by molar-refractivity contribution is 5.23. The molecule has 0 aliphatic carbocycles. The predicted octanol–water partition coefficient (Wildman–Crippen LogP) is 1.43. The predicted molar refractivity (Wildman–Crippen MR) is 43.5 cm³/mol. The van der Waals surface area contributed by atoms with Gasteiger partial charge < -0.3 is 10.2 Å². The number of hydrogen-bond donors (Lipinski definition) is 2. The van der Waals surface area contributed by atoms with E-state index in [1.807, 2.05) is 0 Å². The highest BCUT2D eigenvalue weighted by atomic mass is 19.3. The molecule has 0 aliphatic heterocycles. The molecule has 2 nitrogen and oxygen atoms in total. The van der Waals surface area contributed by atoms with Gasteiger partial charge in [0.25, 0.3) is 6.43 Å². The molecule has 0 spiro atoms. The van der Waals surface area contributed by atoms with Crippen molar-refractivity contribution in [2.45, 2.75) is 18.4 Å². The van der Waals surface area contributed by atoms with Crippen LogP contribution in [0.15, 0.2) is 30.3 Å². The van der Waals surface area contributed by atoms with Gasteiger partial charge in [-0.05, 0) is 5.56 Å². The molecule has 2 atom stereocenters. The molecular weight excluding hydrogens is 197 g/mol. The number of hydrogen-bond acceptors (Lipinski definition) is 2. The van der Waals surface area contributed by atoms with E-state index in [0.29, 0.717) is 0 Å². The standard InChI is InChI=1S/C9H9F3O2/c10-7(11)9(14,8(12)13)6-4-2-1-3-5-6/h1-5,7-8,13-14H/t8-,9?/m1/s1. The van der Waals surface area contributed by atoms with E-state index in [2.05, 4.69) is 0 Å². The summed E-state index contributed by atoms with van der Waals surface area (Å²) < 4.78 is 37.3.